The second-order valence-electron chi connectivity index (χ2n) is 8.65. The number of aryl methyl sites for hydroxylation is 1. The Labute approximate surface area is 188 Å². The molecule has 1 N–H and O–H groups in total. The highest BCUT2D eigenvalue weighted by molar-refractivity contribution is 7.92. The minimum atomic E-state index is -3.94. The molecule has 2 aromatic carbocycles. The molecular weight excluding hydrogens is 424 g/mol. The van der Waals surface area contributed by atoms with Gasteiger partial charge in [-0.1, -0.05) is 32.9 Å². The van der Waals surface area contributed by atoms with Crippen LogP contribution in [0.1, 0.15) is 32.0 Å². The number of hydrogen-bond acceptors (Lipinski definition) is 5. The number of methoxy groups -OCH3 is 1. The lowest BCUT2D eigenvalue weighted by atomic mass is 9.87. The number of nitrogens with one attached hydrogen (secondary N) is 1. The number of ether oxygens (including phenoxy) is 1. The van der Waals surface area contributed by atoms with Gasteiger partial charge in [-0.25, -0.2) is 13.1 Å². The minimum Gasteiger partial charge on any atom is -0.495 e. The van der Waals surface area contributed by atoms with E-state index in [0.717, 1.165) is 22.2 Å². The van der Waals surface area contributed by atoms with E-state index in [1.165, 1.54) is 7.11 Å². The summed E-state index contributed by atoms with van der Waals surface area (Å²) in [5.41, 5.74) is 3.06. The molecule has 0 aliphatic rings. The highest BCUT2D eigenvalue weighted by Gasteiger charge is 2.25. The second-order valence-corrected chi connectivity index (χ2v) is 10.3. The number of hydrogen-bond donors (Lipinski definition) is 1. The Morgan fingerprint density at radius 1 is 1.03 bits per heavy atom. The average molecular weight is 451 g/mol. The third kappa shape index (κ3) is 4.05. The van der Waals surface area contributed by atoms with Gasteiger partial charge in [-0.05, 0) is 54.3 Å². The molecule has 2 aromatic heterocycles. The van der Waals surface area contributed by atoms with Crippen LogP contribution in [0.2, 0.25) is 0 Å². The summed E-state index contributed by atoms with van der Waals surface area (Å²) in [6, 6.07) is 16.3. The SMILES string of the molecule is COc1cc(C(C)(C)C)ccc1S(=O)(=O)Nc1cc(C)nn1-c1cccc2ncccc12. The number of anilines is 1. The zero-order chi connectivity index (χ0) is 23.1. The van der Waals surface area contributed by atoms with Gasteiger partial charge < -0.3 is 4.74 Å². The smallest absolute Gasteiger partial charge is 0.266 e. The second kappa shape index (κ2) is 7.94. The van der Waals surface area contributed by atoms with Crippen LogP contribution >= 0.6 is 0 Å². The molecule has 0 spiro atoms. The summed E-state index contributed by atoms with van der Waals surface area (Å²) in [5, 5.41) is 5.39. The molecule has 0 fully saturated rings. The summed E-state index contributed by atoms with van der Waals surface area (Å²) in [5.74, 6) is 0.628. The lowest BCUT2D eigenvalue weighted by Crippen LogP contribution is -2.18. The average Bonchev–Trinajstić information content (AvgIpc) is 3.11. The standard InChI is InChI=1S/C24H26N4O3S/c1-16-14-23(28(26-16)20-10-6-9-19-18(20)8-7-13-25-19)27-32(29,30)22-12-11-17(24(2,3)4)15-21(22)31-5/h6-15,27H,1-5H3. The zero-order valence-electron chi connectivity index (χ0n) is 18.7. The Morgan fingerprint density at radius 2 is 1.81 bits per heavy atom. The van der Waals surface area contributed by atoms with E-state index in [4.69, 9.17) is 4.74 Å². The summed E-state index contributed by atoms with van der Waals surface area (Å²) in [6.45, 7) is 8.01. The van der Waals surface area contributed by atoms with Crippen molar-refractivity contribution in [3.05, 3.63) is 72.1 Å². The number of aromatic nitrogens is 3. The first kappa shape index (κ1) is 21.8. The highest BCUT2D eigenvalue weighted by Crippen LogP contribution is 2.33. The molecule has 0 saturated heterocycles. The summed E-state index contributed by atoms with van der Waals surface area (Å²) < 4.78 is 36.4. The van der Waals surface area contributed by atoms with E-state index >= 15 is 0 Å². The molecule has 166 valence electrons. The summed E-state index contributed by atoms with van der Waals surface area (Å²) in [7, 11) is -2.47. The van der Waals surface area contributed by atoms with E-state index in [-0.39, 0.29) is 10.3 Å². The number of nitrogens with zero attached hydrogens (tertiary/aromatic N) is 3. The first-order chi connectivity index (χ1) is 15.1. The van der Waals surface area contributed by atoms with E-state index in [1.807, 2.05) is 43.3 Å². The van der Waals surface area contributed by atoms with E-state index in [2.05, 4.69) is 35.6 Å². The van der Waals surface area contributed by atoms with Crippen molar-refractivity contribution < 1.29 is 13.2 Å². The van der Waals surface area contributed by atoms with E-state index in [0.29, 0.717) is 17.3 Å². The maximum Gasteiger partial charge on any atom is 0.266 e. The molecule has 7 nitrogen and oxygen atoms in total. The van der Waals surface area contributed by atoms with Crippen LogP contribution in [0.4, 0.5) is 5.82 Å². The van der Waals surface area contributed by atoms with Crippen LogP contribution < -0.4 is 9.46 Å². The monoisotopic (exact) mass is 450 g/mol. The molecule has 0 atom stereocenters. The molecule has 4 aromatic rings. The van der Waals surface area contributed by atoms with Crippen LogP contribution in [-0.4, -0.2) is 30.3 Å². The summed E-state index contributed by atoms with van der Waals surface area (Å²) >= 11 is 0. The van der Waals surface area contributed by atoms with Gasteiger partial charge in [-0.2, -0.15) is 5.10 Å². The predicted molar refractivity (Wildman–Crippen MR) is 126 cm³/mol. The Bertz CT molecular complexity index is 1400. The highest BCUT2D eigenvalue weighted by atomic mass is 32.2. The summed E-state index contributed by atoms with van der Waals surface area (Å²) in [6.07, 6.45) is 1.72. The third-order valence-electron chi connectivity index (χ3n) is 5.24. The van der Waals surface area contributed by atoms with Gasteiger partial charge in [0, 0.05) is 17.6 Å². The Morgan fingerprint density at radius 3 is 2.53 bits per heavy atom. The van der Waals surface area contributed by atoms with Gasteiger partial charge in [0.2, 0.25) is 0 Å². The molecule has 0 amide bonds. The maximum atomic E-state index is 13.4. The van der Waals surface area contributed by atoms with Crippen molar-refractivity contribution in [2.24, 2.45) is 0 Å². The fourth-order valence-electron chi connectivity index (χ4n) is 3.58. The largest absolute Gasteiger partial charge is 0.495 e. The van der Waals surface area contributed by atoms with Crippen molar-refractivity contribution in [3.63, 3.8) is 0 Å². The van der Waals surface area contributed by atoms with Crippen LogP contribution in [0.5, 0.6) is 5.75 Å². The molecule has 0 unspecified atom stereocenters. The minimum absolute atomic E-state index is 0.0676. The Balaban J connectivity index is 1.79. The van der Waals surface area contributed by atoms with Gasteiger partial charge in [0.15, 0.2) is 0 Å². The van der Waals surface area contributed by atoms with Crippen molar-refractivity contribution in [2.75, 3.05) is 11.8 Å². The van der Waals surface area contributed by atoms with Crippen LogP contribution in [0, 0.1) is 6.92 Å². The molecule has 0 aliphatic heterocycles. The summed E-state index contributed by atoms with van der Waals surface area (Å²) in [4.78, 5) is 4.45. The molecule has 0 saturated carbocycles. The normalized spacial score (nSPS) is 12.2. The van der Waals surface area contributed by atoms with Crippen molar-refractivity contribution in [3.8, 4) is 11.4 Å². The van der Waals surface area contributed by atoms with Gasteiger partial charge in [-0.15, -0.1) is 0 Å². The van der Waals surface area contributed by atoms with Gasteiger partial charge in [0.25, 0.3) is 10.0 Å². The van der Waals surface area contributed by atoms with E-state index < -0.39 is 10.0 Å². The van der Waals surface area contributed by atoms with Crippen LogP contribution in [0.15, 0.2) is 65.7 Å². The first-order valence-corrected chi connectivity index (χ1v) is 11.7. The van der Waals surface area contributed by atoms with Crippen LogP contribution in [-0.2, 0) is 15.4 Å². The molecule has 8 heteroatoms. The molecule has 2 heterocycles. The molecule has 0 radical (unpaired) electrons. The van der Waals surface area contributed by atoms with E-state index in [9.17, 15) is 8.42 Å². The number of sulfonamides is 1. The van der Waals surface area contributed by atoms with Crippen molar-refractivity contribution >= 4 is 26.7 Å². The van der Waals surface area contributed by atoms with Crippen molar-refractivity contribution in [2.45, 2.75) is 38.0 Å². The van der Waals surface area contributed by atoms with Crippen molar-refractivity contribution in [1.82, 2.24) is 14.8 Å². The van der Waals surface area contributed by atoms with Gasteiger partial charge >= 0.3 is 0 Å². The third-order valence-corrected chi connectivity index (χ3v) is 6.63. The number of pyridine rings is 1. The molecule has 0 aliphatic carbocycles. The molecular formula is C24H26N4O3S. The molecule has 32 heavy (non-hydrogen) atoms. The zero-order valence-corrected chi connectivity index (χ0v) is 19.6. The van der Waals surface area contributed by atoms with Crippen molar-refractivity contribution in [1.29, 1.82) is 0 Å². The van der Waals surface area contributed by atoms with Gasteiger partial charge in [0.05, 0.1) is 24.0 Å². The topological polar surface area (TPSA) is 86.1 Å². The van der Waals surface area contributed by atoms with Gasteiger partial charge in [0.1, 0.15) is 16.5 Å². The molecule has 0 bridgehead atoms. The van der Waals surface area contributed by atoms with Crippen LogP contribution in [0.3, 0.4) is 0 Å². The number of benzene rings is 2. The quantitative estimate of drug-likeness (QED) is 0.470. The first-order valence-electron chi connectivity index (χ1n) is 10.2. The number of rotatable bonds is 5. The fraction of sp³-hybridized carbons (Fsp3) is 0.250. The fourth-order valence-corrected chi connectivity index (χ4v) is 4.76. The van der Waals surface area contributed by atoms with E-state index in [1.54, 1.807) is 29.1 Å². The number of fused-ring (bicyclic) bond motifs is 1. The van der Waals surface area contributed by atoms with Crippen LogP contribution in [0.25, 0.3) is 16.6 Å². The Kier molecular flexibility index (Phi) is 5.42. The lowest BCUT2D eigenvalue weighted by molar-refractivity contribution is 0.400. The van der Waals surface area contributed by atoms with Gasteiger partial charge in [-0.3, -0.25) is 9.71 Å². The Hall–Kier alpha value is -3.39. The lowest BCUT2D eigenvalue weighted by Gasteiger charge is -2.21. The molecule has 4 rings (SSSR count). The predicted octanol–water partition coefficient (Wildman–Crippen LogP) is 4.84. The maximum absolute atomic E-state index is 13.4.